The minimum atomic E-state index is -0.351. The van der Waals surface area contributed by atoms with Crippen LogP contribution in [0.3, 0.4) is 0 Å². The van der Waals surface area contributed by atoms with E-state index in [1.807, 2.05) is 0 Å². The minimum Gasteiger partial charge on any atom is -0.466 e. The molecule has 0 aliphatic rings. The Balaban J connectivity index is 3.09. The first-order valence-electron chi connectivity index (χ1n) is 5.09. The van der Waals surface area contributed by atoms with Gasteiger partial charge in [0.25, 0.3) is 0 Å². The summed E-state index contributed by atoms with van der Waals surface area (Å²) < 4.78 is 4.85. The molecule has 0 bridgehead atoms. The molecule has 0 aliphatic carbocycles. The van der Waals surface area contributed by atoms with Gasteiger partial charge >= 0.3 is 5.97 Å². The van der Waals surface area contributed by atoms with Gasteiger partial charge in [0.15, 0.2) is 0 Å². The summed E-state index contributed by atoms with van der Waals surface area (Å²) in [6.45, 7) is 2.07. The molecule has 1 rings (SSSR count). The van der Waals surface area contributed by atoms with E-state index in [0.717, 1.165) is 0 Å². The van der Waals surface area contributed by atoms with Crippen LogP contribution in [0.15, 0.2) is 17.0 Å². The van der Waals surface area contributed by atoms with Gasteiger partial charge in [-0.3, -0.25) is 4.79 Å². The average molecular weight is 270 g/mol. The molecule has 0 atom stereocenters. The molecular weight excluding hydrogens is 258 g/mol. The van der Waals surface area contributed by atoms with Gasteiger partial charge in [0, 0.05) is 10.8 Å². The second-order valence-corrected chi connectivity index (χ2v) is 4.07. The second kappa shape index (κ2) is 6.53. The van der Waals surface area contributed by atoms with Crippen molar-refractivity contribution in [2.75, 3.05) is 6.61 Å². The zero-order valence-corrected chi connectivity index (χ0v) is 11.0. The van der Waals surface area contributed by atoms with E-state index < -0.39 is 0 Å². The Hall–Kier alpha value is -1.18. The zero-order valence-electron chi connectivity index (χ0n) is 9.36. The maximum Gasteiger partial charge on any atom is 0.310 e. The number of nitriles is 1. The number of rotatable bonds is 4. The standard InChI is InChI=1S/C12H12ClNO2S/c1-2-16-12(15)5-8-3-4-11(17)9(6-13)10(8)7-14/h3-4,17H,2,5-6H2,1H3. The molecule has 0 aliphatic heterocycles. The zero-order chi connectivity index (χ0) is 12.8. The number of halogens is 1. The van der Waals surface area contributed by atoms with Crippen LogP contribution >= 0.6 is 24.2 Å². The van der Waals surface area contributed by atoms with Gasteiger partial charge in [0.1, 0.15) is 0 Å². The van der Waals surface area contributed by atoms with Crippen molar-refractivity contribution in [1.82, 2.24) is 0 Å². The van der Waals surface area contributed by atoms with Crippen LogP contribution < -0.4 is 0 Å². The number of hydrogen-bond donors (Lipinski definition) is 1. The van der Waals surface area contributed by atoms with Gasteiger partial charge < -0.3 is 4.74 Å². The maximum atomic E-state index is 11.4. The number of carbonyl (C=O) groups is 1. The molecule has 17 heavy (non-hydrogen) atoms. The summed E-state index contributed by atoms with van der Waals surface area (Å²) in [4.78, 5) is 12.0. The van der Waals surface area contributed by atoms with Crippen LogP contribution in [-0.4, -0.2) is 12.6 Å². The van der Waals surface area contributed by atoms with Crippen LogP contribution in [0.2, 0.25) is 0 Å². The first-order chi connectivity index (χ1) is 8.13. The van der Waals surface area contributed by atoms with E-state index in [0.29, 0.717) is 28.2 Å². The van der Waals surface area contributed by atoms with Gasteiger partial charge in [-0.15, -0.1) is 24.2 Å². The number of alkyl halides is 1. The monoisotopic (exact) mass is 269 g/mol. The Morgan fingerprint density at radius 3 is 2.82 bits per heavy atom. The Kier molecular flexibility index (Phi) is 5.33. The van der Waals surface area contributed by atoms with Gasteiger partial charge in [0.05, 0.1) is 24.7 Å². The lowest BCUT2D eigenvalue weighted by Crippen LogP contribution is -2.09. The SMILES string of the molecule is CCOC(=O)Cc1ccc(S)c(CCl)c1C#N. The van der Waals surface area contributed by atoms with Gasteiger partial charge in [-0.1, -0.05) is 6.07 Å². The summed E-state index contributed by atoms with van der Waals surface area (Å²) in [5.41, 5.74) is 1.69. The Labute approximate surface area is 111 Å². The summed E-state index contributed by atoms with van der Waals surface area (Å²) in [6.07, 6.45) is 0.0781. The maximum absolute atomic E-state index is 11.4. The molecule has 3 nitrogen and oxygen atoms in total. The van der Waals surface area contributed by atoms with E-state index >= 15 is 0 Å². The van der Waals surface area contributed by atoms with E-state index in [4.69, 9.17) is 21.6 Å². The highest BCUT2D eigenvalue weighted by molar-refractivity contribution is 7.80. The molecule has 0 saturated carbocycles. The molecule has 0 unspecified atom stereocenters. The van der Waals surface area contributed by atoms with Crippen molar-refractivity contribution < 1.29 is 9.53 Å². The highest BCUT2D eigenvalue weighted by atomic mass is 35.5. The first-order valence-corrected chi connectivity index (χ1v) is 6.07. The lowest BCUT2D eigenvalue weighted by atomic mass is 10.0. The fraction of sp³-hybridized carbons (Fsp3) is 0.333. The molecule has 0 fully saturated rings. The van der Waals surface area contributed by atoms with Crippen LogP contribution in [0.25, 0.3) is 0 Å². The van der Waals surface area contributed by atoms with Crippen molar-refractivity contribution in [3.8, 4) is 6.07 Å². The van der Waals surface area contributed by atoms with Gasteiger partial charge in [-0.25, -0.2) is 0 Å². The summed E-state index contributed by atoms with van der Waals surface area (Å²) in [7, 11) is 0. The Morgan fingerprint density at radius 2 is 2.29 bits per heavy atom. The fourth-order valence-corrected chi connectivity index (χ4v) is 2.11. The third kappa shape index (κ3) is 3.39. The number of carbonyl (C=O) groups excluding carboxylic acids is 1. The Morgan fingerprint density at radius 1 is 1.59 bits per heavy atom. The number of esters is 1. The summed E-state index contributed by atoms with van der Waals surface area (Å²) in [5.74, 6) is -0.158. The topological polar surface area (TPSA) is 50.1 Å². The largest absolute Gasteiger partial charge is 0.466 e. The molecule has 0 aromatic heterocycles. The predicted octanol–water partition coefficient (Wildman–Crippen LogP) is 2.69. The van der Waals surface area contributed by atoms with Crippen LogP contribution in [0.4, 0.5) is 0 Å². The van der Waals surface area contributed by atoms with Crippen LogP contribution in [0, 0.1) is 11.3 Å². The molecule has 1 aromatic carbocycles. The molecule has 90 valence electrons. The number of thiol groups is 1. The molecule has 1 aromatic rings. The van der Waals surface area contributed by atoms with Crippen LogP contribution in [0.1, 0.15) is 23.6 Å². The first kappa shape index (κ1) is 13.9. The number of nitrogens with zero attached hydrogens (tertiary/aromatic N) is 1. The van der Waals surface area contributed by atoms with Crippen molar-refractivity contribution >= 4 is 30.2 Å². The predicted molar refractivity (Wildman–Crippen MR) is 68.3 cm³/mol. The second-order valence-electron chi connectivity index (χ2n) is 3.32. The van der Waals surface area contributed by atoms with E-state index in [9.17, 15) is 4.79 Å². The van der Waals surface area contributed by atoms with E-state index in [2.05, 4.69) is 18.7 Å². The molecule has 0 radical (unpaired) electrons. The average Bonchev–Trinajstić information content (AvgIpc) is 2.31. The van der Waals surface area contributed by atoms with Crippen molar-refractivity contribution in [3.05, 3.63) is 28.8 Å². The van der Waals surface area contributed by atoms with E-state index in [1.165, 1.54) is 0 Å². The lowest BCUT2D eigenvalue weighted by molar-refractivity contribution is -0.142. The van der Waals surface area contributed by atoms with E-state index in [-0.39, 0.29) is 18.3 Å². The molecular formula is C12H12ClNO2S. The molecule has 0 amide bonds. The van der Waals surface area contributed by atoms with Crippen LogP contribution in [0.5, 0.6) is 0 Å². The van der Waals surface area contributed by atoms with Crippen molar-refractivity contribution in [3.63, 3.8) is 0 Å². The van der Waals surface area contributed by atoms with Crippen LogP contribution in [-0.2, 0) is 21.8 Å². The molecule has 0 saturated heterocycles. The Bertz CT molecular complexity index is 468. The number of benzene rings is 1. The minimum absolute atomic E-state index is 0.0781. The molecule has 0 heterocycles. The van der Waals surface area contributed by atoms with E-state index in [1.54, 1.807) is 19.1 Å². The highest BCUT2D eigenvalue weighted by Gasteiger charge is 2.14. The van der Waals surface area contributed by atoms with Gasteiger partial charge in [-0.2, -0.15) is 5.26 Å². The van der Waals surface area contributed by atoms with Crippen molar-refractivity contribution in [1.29, 1.82) is 5.26 Å². The fourth-order valence-electron chi connectivity index (χ4n) is 1.47. The van der Waals surface area contributed by atoms with Gasteiger partial charge in [-0.05, 0) is 24.1 Å². The quantitative estimate of drug-likeness (QED) is 0.519. The third-order valence-electron chi connectivity index (χ3n) is 2.26. The molecule has 5 heteroatoms. The normalized spacial score (nSPS) is 9.76. The van der Waals surface area contributed by atoms with Crippen molar-refractivity contribution in [2.24, 2.45) is 0 Å². The van der Waals surface area contributed by atoms with Gasteiger partial charge in [0.2, 0.25) is 0 Å². The highest BCUT2D eigenvalue weighted by Crippen LogP contribution is 2.24. The molecule has 0 spiro atoms. The summed E-state index contributed by atoms with van der Waals surface area (Å²) in [5, 5.41) is 9.10. The summed E-state index contributed by atoms with van der Waals surface area (Å²) >= 11 is 10.00. The molecule has 0 N–H and O–H groups in total. The summed E-state index contributed by atoms with van der Waals surface area (Å²) in [6, 6.07) is 5.50. The number of hydrogen-bond acceptors (Lipinski definition) is 4. The lowest BCUT2D eigenvalue weighted by Gasteiger charge is -2.09. The van der Waals surface area contributed by atoms with Crippen molar-refractivity contribution in [2.45, 2.75) is 24.1 Å². The number of ether oxygens (including phenoxy) is 1. The third-order valence-corrected chi connectivity index (χ3v) is 2.95. The smallest absolute Gasteiger partial charge is 0.310 e.